The average molecular weight is 602 g/mol. The van der Waals surface area contributed by atoms with Gasteiger partial charge in [-0.1, -0.05) is 55.8 Å². The number of sulfonamides is 1. The van der Waals surface area contributed by atoms with Gasteiger partial charge < -0.3 is 16.4 Å². The summed E-state index contributed by atoms with van der Waals surface area (Å²) in [6.07, 6.45) is 3.01. The van der Waals surface area contributed by atoms with Crippen molar-refractivity contribution in [3.63, 3.8) is 0 Å². The monoisotopic (exact) mass is 601 g/mol. The zero-order valence-electron chi connectivity index (χ0n) is 23.4. The predicted octanol–water partition coefficient (Wildman–Crippen LogP) is 4.56. The van der Waals surface area contributed by atoms with Gasteiger partial charge >= 0.3 is 0 Å². The summed E-state index contributed by atoms with van der Waals surface area (Å²) in [6.45, 7) is 6.75. The molecule has 3 aromatic rings. The summed E-state index contributed by atoms with van der Waals surface area (Å²) in [5, 5.41) is 6.66. The molecule has 0 spiro atoms. The number of anilines is 1. The molecule has 220 valence electrons. The van der Waals surface area contributed by atoms with E-state index in [4.69, 9.17) is 17.3 Å². The van der Waals surface area contributed by atoms with Crippen molar-refractivity contribution >= 4 is 33.2 Å². The summed E-state index contributed by atoms with van der Waals surface area (Å²) in [5.41, 5.74) is 7.81. The van der Waals surface area contributed by atoms with Crippen LogP contribution in [0.3, 0.4) is 0 Å². The Morgan fingerprint density at radius 2 is 1.83 bits per heavy atom. The van der Waals surface area contributed by atoms with E-state index < -0.39 is 33.8 Å². The van der Waals surface area contributed by atoms with Crippen molar-refractivity contribution in [2.24, 2.45) is 11.7 Å². The van der Waals surface area contributed by atoms with E-state index in [1.54, 1.807) is 42.5 Å². The number of hydrogen-bond acceptors (Lipinski definition) is 6. The fraction of sp³-hybridized carbons (Fsp3) is 0.400. The van der Waals surface area contributed by atoms with Gasteiger partial charge in [-0.2, -0.15) is 4.31 Å². The fourth-order valence-electron chi connectivity index (χ4n) is 5.58. The molecule has 4 atom stereocenters. The van der Waals surface area contributed by atoms with Crippen LogP contribution in [0.5, 0.6) is 0 Å². The van der Waals surface area contributed by atoms with Gasteiger partial charge in [0.15, 0.2) is 0 Å². The quantitative estimate of drug-likeness (QED) is 0.314. The number of carbonyl (C=O) groups excluding carboxylic acids is 1. The molecular formula is C30H37ClFN5O3S. The second kappa shape index (κ2) is 13.4. The van der Waals surface area contributed by atoms with Crippen LogP contribution in [0.4, 0.5) is 10.1 Å². The molecule has 1 aromatic heterocycles. The molecule has 8 nitrogen and oxygen atoms in total. The lowest BCUT2D eigenvalue weighted by molar-refractivity contribution is -0.118. The van der Waals surface area contributed by atoms with Gasteiger partial charge in [0, 0.05) is 41.7 Å². The maximum absolute atomic E-state index is 15.1. The average Bonchev–Trinajstić information content (AvgIpc) is 2.94. The molecule has 0 saturated carbocycles. The Kier molecular flexibility index (Phi) is 10.1. The van der Waals surface area contributed by atoms with E-state index >= 15 is 4.39 Å². The van der Waals surface area contributed by atoms with Crippen LogP contribution in [0, 0.1) is 11.7 Å². The van der Waals surface area contributed by atoms with Gasteiger partial charge in [0.25, 0.3) is 0 Å². The van der Waals surface area contributed by atoms with E-state index in [0.717, 1.165) is 11.8 Å². The molecule has 2 aromatic carbocycles. The van der Waals surface area contributed by atoms with E-state index in [2.05, 4.69) is 15.6 Å². The number of rotatable bonds is 10. The molecule has 4 N–H and O–H groups in total. The smallest absolute Gasteiger partial charge is 0.243 e. The molecule has 41 heavy (non-hydrogen) atoms. The zero-order chi connectivity index (χ0) is 29.7. The lowest BCUT2D eigenvalue weighted by Gasteiger charge is -2.40. The Balaban J connectivity index is 1.54. The number of nitrogens with two attached hydrogens (primary N) is 1. The number of nitrogens with one attached hydrogen (secondary N) is 2. The van der Waals surface area contributed by atoms with Crippen LogP contribution in [0.1, 0.15) is 44.2 Å². The van der Waals surface area contributed by atoms with E-state index in [1.165, 1.54) is 10.5 Å². The Bertz CT molecular complexity index is 1440. The van der Waals surface area contributed by atoms with Crippen molar-refractivity contribution in [3.05, 3.63) is 89.0 Å². The molecule has 2 heterocycles. The number of nitrogens with zero attached hydrogens (tertiary/aromatic N) is 2. The first-order valence-corrected chi connectivity index (χ1v) is 15.6. The summed E-state index contributed by atoms with van der Waals surface area (Å²) < 4.78 is 43.8. The second-order valence-corrected chi connectivity index (χ2v) is 13.1. The number of piperazine rings is 1. The SMILES string of the molecule is CC(C)[C@H](c1ccc(Cl)cc1)[C@H](N)C(=O)Nc1cncc(F)c1CC[C@H]1CNC[C@H](C)N1S(=O)(=O)c1ccccc1. The van der Waals surface area contributed by atoms with Crippen molar-refractivity contribution in [1.29, 1.82) is 0 Å². The lowest BCUT2D eigenvalue weighted by atomic mass is 9.82. The molecule has 1 saturated heterocycles. The predicted molar refractivity (Wildman–Crippen MR) is 160 cm³/mol. The van der Waals surface area contributed by atoms with Crippen LogP contribution in [0.25, 0.3) is 0 Å². The summed E-state index contributed by atoms with van der Waals surface area (Å²) in [6, 6.07) is 13.9. The summed E-state index contributed by atoms with van der Waals surface area (Å²) in [5.74, 6) is -1.30. The van der Waals surface area contributed by atoms with Crippen LogP contribution in [0.15, 0.2) is 71.9 Å². The minimum absolute atomic E-state index is 0.0420. The summed E-state index contributed by atoms with van der Waals surface area (Å²) in [7, 11) is -3.77. The molecule has 1 aliphatic rings. The maximum atomic E-state index is 15.1. The minimum Gasteiger partial charge on any atom is -0.323 e. The van der Waals surface area contributed by atoms with E-state index in [9.17, 15) is 13.2 Å². The third kappa shape index (κ3) is 7.13. The Morgan fingerprint density at radius 3 is 2.49 bits per heavy atom. The number of carbonyl (C=O) groups is 1. The summed E-state index contributed by atoms with van der Waals surface area (Å²) in [4.78, 5) is 17.5. The van der Waals surface area contributed by atoms with Gasteiger partial charge in [0.1, 0.15) is 5.82 Å². The Labute approximate surface area is 246 Å². The van der Waals surface area contributed by atoms with Gasteiger partial charge in [0.2, 0.25) is 15.9 Å². The Morgan fingerprint density at radius 1 is 1.15 bits per heavy atom. The summed E-state index contributed by atoms with van der Waals surface area (Å²) >= 11 is 6.04. The first-order valence-electron chi connectivity index (χ1n) is 13.7. The zero-order valence-corrected chi connectivity index (χ0v) is 25.0. The van der Waals surface area contributed by atoms with Gasteiger partial charge in [0.05, 0.1) is 29.0 Å². The van der Waals surface area contributed by atoms with Crippen molar-refractivity contribution in [2.45, 2.75) is 62.6 Å². The third-order valence-electron chi connectivity index (χ3n) is 7.59. The molecule has 0 radical (unpaired) electrons. The second-order valence-electron chi connectivity index (χ2n) is 10.8. The molecule has 0 aliphatic carbocycles. The molecule has 1 fully saturated rings. The number of halogens is 2. The highest BCUT2D eigenvalue weighted by Crippen LogP contribution is 2.30. The highest BCUT2D eigenvalue weighted by molar-refractivity contribution is 7.89. The lowest BCUT2D eigenvalue weighted by Crippen LogP contribution is -2.58. The number of benzene rings is 2. The van der Waals surface area contributed by atoms with Crippen LogP contribution in [0.2, 0.25) is 5.02 Å². The molecule has 1 aliphatic heterocycles. The van der Waals surface area contributed by atoms with Crippen LogP contribution in [-0.2, 0) is 21.2 Å². The third-order valence-corrected chi connectivity index (χ3v) is 9.92. The number of hydrogen-bond donors (Lipinski definition) is 3. The maximum Gasteiger partial charge on any atom is 0.243 e. The van der Waals surface area contributed by atoms with Crippen molar-refractivity contribution in [2.75, 3.05) is 18.4 Å². The van der Waals surface area contributed by atoms with Gasteiger partial charge in [-0.3, -0.25) is 9.78 Å². The molecule has 0 bridgehead atoms. The molecule has 11 heteroatoms. The molecule has 4 rings (SSSR count). The van der Waals surface area contributed by atoms with E-state index in [-0.39, 0.29) is 40.4 Å². The van der Waals surface area contributed by atoms with Crippen LogP contribution < -0.4 is 16.4 Å². The number of aromatic nitrogens is 1. The van der Waals surface area contributed by atoms with E-state index in [1.807, 2.05) is 32.9 Å². The Hall–Kier alpha value is -2.89. The van der Waals surface area contributed by atoms with Crippen LogP contribution in [-0.4, -0.2) is 54.8 Å². The topological polar surface area (TPSA) is 117 Å². The first-order chi connectivity index (χ1) is 19.5. The van der Waals surface area contributed by atoms with Crippen molar-refractivity contribution in [3.8, 4) is 0 Å². The minimum atomic E-state index is -3.77. The van der Waals surface area contributed by atoms with Gasteiger partial charge in [-0.05, 0) is 55.5 Å². The molecular weight excluding hydrogens is 565 g/mol. The largest absolute Gasteiger partial charge is 0.323 e. The number of amides is 1. The first kappa shape index (κ1) is 31.1. The van der Waals surface area contributed by atoms with Crippen molar-refractivity contribution in [1.82, 2.24) is 14.6 Å². The van der Waals surface area contributed by atoms with E-state index in [0.29, 0.717) is 24.5 Å². The van der Waals surface area contributed by atoms with Crippen LogP contribution >= 0.6 is 11.6 Å². The fourth-order valence-corrected chi connectivity index (χ4v) is 7.57. The molecule has 0 unspecified atom stereocenters. The molecule has 1 amide bonds. The normalized spacial score (nSPS) is 19.6. The standard InChI is InChI=1S/C30H37ClFN5O3S/c1-19(2)28(21-9-11-22(31)12-10-21)29(33)30(38)36-27-18-35-17-26(32)25(27)14-13-23-16-34-15-20(3)37(23)41(39,40)24-7-5-4-6-8-24/h4-12,17-20,23,28-29,34H,13-16,33H2,1-3H3,(H,36,38)/t20-,23-,28+,29-/m0/s1. The highest BCUT2D eigenvalue weighted by Gasteiger charge is 2.38. The number of pyridine rings is 1. The highest BCUT2D eigenvalue weighted by atomic mass is 35.5. The van der Waals surface area contributed by atoms with Crippen molar-refractivity contribution < 1.29 is 17.6 Å². The van der Waals surface area contributed by atoms with Gasteiger partial charge in [-0.25, -0.2) is 12.8 Å². The van der Waals surface area contributed by atoms with Gasteiger partial charge in [-0.15, -0.1) is 0 Å².